The molecule has 2 heterocycles. The Bertz CT molecular complexity index is 3120. The largest absolute Gasteiger partial charge is 0.309 e. The van der Waals surface area contributed by atoms with Crippen molar-refractivity contribution in [2.75, 3.05) is 0 Å². The van der Waals surface area contributed by atoms with Crippen LogP contribution in [0.5, 0.6) is 0 Å². The number of hydrogen-bond acceptors (Lipinski definition) is 2. The molecule has 0 radical (unpaired) electrons. The van der Waals surface area contributed by atoms with Crippen LogP contribution in [0.2, 0.25) is 0 Å². The molecule has 264 valence electrons. The van der Waals surface area contributed by atoms with Gasteiger partial charge in [-0.15, -0.1) is 0 Å². The van der Waals surface area contributed by atoms with Gasteiger partial charge in [0.25, 0.3) is 0 Å². The second-order valence-corrected chi connectivity index (χ2v) is 15.4. The number of para-hydroxylation sites is 2. The summed E-state index contributed by atoms with van der Waals surface area (Å²) in [6, 6.07) is 67.6. The molecule has 0 atom stereocenters. The summed E-state index contributed by atoms with van der Waals surface area (Å²) in [6.07, 6.45) is 0. The van der Waals surface area contributed by atoms with E-state index < -0.39 is 0 Å². The molecule has 1 aliphatic rings. The first-order chi connectivity index (χ1) is 27.5. The highest BCUT2D eigenvalue weighted by atomic mass is 15.0. The van der Waals surface area contributed by atoms with Gasteiger partial charge >= 0.3 is 0 Å². The first-order valence-corrected chi connectivity index (χ1v) is 19.3. The molecule has 0 unspecified atom stereocenters. The molecule has 0 spiro atoms. The summed E-state index contributed by atoms with van der Waals surface area (Å²) in [6.45, 7) is 4.72. The van der Waals surface area contributed by atoms with Crippen LogP contribution in [0.3, 0.4) is 0 Å². The fraction of sp³-hybridized carbons (Fsp3) is 0.0566. The van der Waals surface area contributed by atoms with E-state index >= 15 is 0 Å². The smallest absolute Gasteiger partial charge is 0.160 e. The van der Waals surface area contributed by atoms with Crippen molar-refractivity contribution >= 4 is 32.6 Å². The zero-order valence-corrected chi connectivity index (χ0v) is 31.2. The lowest BCUT2D eigenvalue weighted by Gasteiger charge is -2.22. The molecule has 1 aliphatic carbocycles. The van der Waals surface area contributed by atoms with Gasteiger partial charge in [0.15, 0.2) is 5.82 Å². The van der Waals surface area contributed by atoms with Crippen molar-refractivity contribution in [2.24, 2.45) is 0 Å². The second-order valence-electron chi connectivity index (χ2n) is 15.4. The number of nitrogens with zero attached hydrogens (tertiary/aromatic N) is 3. The average molecular weight is 716 g/mol. The molecule has 0 saturated carbocycles. The van der Waals surface area contributed by atoms with Crippen LogP contribution in [0.15, 0.2) is 188 Å². The quantitative estimate of drug-likeness (QED) is 0.178. The highest BCUT2D eigenvalue weighted by molar-refractivity contribution is 6.09. The van der Waals surface area contributed by atoms with E-state index in [2.05, 4.69) is 200 Å². The van der Waals surface area contributed by atoms with Crippen LogP contribution < -0.4 is 0 Å². The lowest BCUT2D eigenvalue weighted by atomic mass is 9.81. The Hall–Kier alpha value is -7.10. The van der Waals surface area contributed by atoms with Crippen LogP contribution in [0.25, 0.3) is 94.4 Å². The van der Waals surface area contributed by atoms with E-state index in [0.717, 1.165) is 39.3 Å². The Kier molecular flexibility index (Phi) is 7.20. The molecule has 3 heteroatoms. The summed E-state index contributed by atoms with van der Waals surface area (Å²) in [5.74, 6) is 0.700. The number of rotatable bonds is 5. The van der Waals surface area contributed by atoms with E-state index in [-0.39, 0.29) is 5.41 Å². The lowest BCUT2D eigenvalue weighted by molar-refractivity contribution is 0.661. The first kappa shape index (κ1) is 32.3. The van der Waals surface area contributed by atoms with Gasteiger partial charge < -0.3 is 4.57 Å². The SMILES string of the molecule is CC1(C)c2cc3ccccc3cc2-c2c(-c3ccccc3-c3cc(-c4cccc(-n5c6ccccc6c6ccccc65)c4)nc(-c4ccccc4)n3)cccc21. The standard InChI is InChI=1S/C53H37N3/c1-53(2)45-27-15-26-43(51(45)44-31-35-18-6-7-19-36(35)32-46(44)53)39-22-8-9-23-40(39)48-33-47(54-52(55-48)34-16-4-3-5-17-34)37-20-14-21-38(30-37)56-49-28-12-10-24-41(49)42-25-11-13-29-50(42)56/h3-33H,1-2H3. The Morgan fingerprint density at radius 1 is 0.411 bits per heavy atom. The Labute approximate surface area is 326 Å². The van der Waals surface area contributed by atoms with E-state index in [9.17, 15) is 0 Å². The van der Waals surface area contributed by atoms with Crippen LogP contribution in [0.4, 0.5) is 0 Å². The predicted molar refractivity (Wildman–Crippen MR) is 233 cm³/mol. The van der Waals surface area contributed by atoms with Gasteiger partial charge in [0, 0.05) is 38.6 Å². The Balaban J connectivity index is 1.11. The zero-order chi connectivity index (χ0) is 37.4. The van der Waals surface area contributed by atoms with Crippen LogP contribution in [0, 0.1) is 0 Å². The molecule has 8 aromatic carbocycles. The predicted octanol–water partition coefficient (Wildman–Crippen LogP) is 13.7. The van der Waals surface area contributed by atoms with Gasteiger partial charge in [-0.25, -0.2) is 9.97 Å². The summed E-state index contributed by atoms with van der Waals surface area (Å²) in [5, 5.41) is 5.02. The van der Waals surface area contributed by atoms with Crippen LogP contribution >= 0.6 is 0 Å². The average Bonchev–Trinajstić information content (AvgIpc) is 3.71. The van der Waals surface area contributed by atoms with Crippen molar-refractivity contribution in [3.63, 3.8) is 0 Å². The van der Waals surface area contributed by atoms with Gasteiger partial charge in [-0.05, 0) is 86.6 Å². The summed E-state index contributed by atoms with van der Waals surface area (Å²) in [5.41, 5.74) is 15.9. The molecule has 10 aromatic rings. The summed E-state index contributed by atoms with van der Waals surface area (Å²) >= 11 is 0. The Morgan fingerprint density at radius 2 is 1.00 bits per heavy atom. The summed E-state index contributed by atoms with van der Waals surface area (Å²) < 4.78 is 2.36. The molecule has 0 N–H and O–H groups in total. The molecule has 0 bridgehead atoms. The maximum atomic E-state index is 5.33. The highest BCUT2D eigenvalue weighted by Crippen LogP contribution is 2.54. The number of aromatic nitrogens is 3. The van der Waals surface area contributed by atoms with E-state index in [4.69, 9.17) is 9.97 Å². The minimum absolute atomic E-state index is 0.135. The fourth-order valence-corrected chi connectivity index (χ4v) is 9.09. The molecule has 3 nitrogen and oxygen atoms in total. The number of fused-ring (bicyclic) bond motifs is 7. The van der Waals surface area contributed by atoms with Crippen molar-refractivity contribution in [3.8, 4) is 61.8 Å². The molecular formula is C53H37N3. The van der Waals surface area contributed by atoms with Crippen molar-refractivity contribution < 1.29 is 0 Å². The van der Waals surface area contributed by atoms with Crippen LogP contribution in [0.1, 0.15) is 25.0 Å². The van der Waals surface area contributed by atoms with Gasteiger partial charge in [-0.3, -0.25) is 0 Å². The third-order valence-corrected chi connectivity index (χ3v) is 11.8. The first-order valence-electron chi connectivity index (χ1n) is 19.3. The molecule has 2 aromatic heterocycles. The zero-order valence-electron chi connectivity index (χ0n) is 31.2. The van der Waals surface area contributed by atoms with Gasteiger partial charge in [0.1, 0.15) is 0 Å². The molecular weight excluding hydrogens is 679 g/mol. The summed E-state index contributed by atoms with van der Waals surface area (Å²) in [7, 11) is 0. The van der Waals surface area contributed by atoms with Gasteiger partial charge in [0.05, 0.1) is 22.4 Å². The van der Waals surface area contributed by atoms with Gasteiger partial charge in [-0.2, -0.15) is 0 Å². The topological polar surface area (TPSA) is 30.7 Å². The van der Waals surface area contributed by atoms with Crippen LogP contribution in [-0.2, 0) is 5.41 Å². The lowest BCUT2D eigenvalue weighted by Crippen LogP contribution is -2.14. The van der Waals surface area contributed by atoms with Crippen LogP contribution in [-0.4, -0.2) is 14.5 Å². The molecule has 0 saturated heterocycles. The number of benzene rings is 8. The van der Waals surface area contributed by atoms with Gasteiger partial charge in [0.2, 0.25) is 0 Å². The minimum Gasteiger partial charge on any atom is -0.309 e. The molecule has 0 amide bonds. The van der Waals surface area contributed by atoms with E-state index in [0.29, 0.717) is 5.82 Å². The molecule has 0 fully saturated rings. The van der Waals surface area contributed by atoms with E-state index in [1.807, 2.05) is 6.07 Å². The number of hydrogen-bond donors (Lipinski definition) is 0. The molecule has 11 rings (SSSR count). The third kappa shape index (κ3) is 4.98. The van der Waals surface area contributed by atoms with Crippen molar-refractivity contribution in [3.05, 3.63) is 199 Å². The minimum atomic E-state index is -0.135. The molecule has 56 heavy (non-hydrogen) atoms. The van der Waals surface area contributed by atoms with Gasteiger partial charge in [-0.1, -0.05) is 159 Å². The van der Waals surface area contributed by atoms with Crippen molar-refractivity contribution in [1.82, 2.24) is 14.5 Å². The monoisotopic (exact) mass is 715 g/mol. The Morgan fingerprint density at radius 3 is 1.77 bits per heavy atom. The summed E-state index contributed by atoms with van der Waals surface area (Å²) in [4.78, 5) is 10.6. The maximum absolute atomic E-state index is 5.33. The van der Waals surface area contributed by atoms with Crippen molar-refractivity contribution in [2.45, 2.75) is 19.3 Å². The van der Waals surface area contributed by atoms with Crippen molar-refractivity contribution in [1.29, 1.82) is 0 Å². The highest BCUT2D eigenvalue weighted by Gasteiger charge is 2.37. The second kappa shape index (κ2) is 12.5. The maximum Gasteiger partial charge on any atom is 0.160 e. The molecule has 0 aliphatic heterocycles. The normalized spacial score (nSPS) is 13.0. The third-order valence-electron chi connectivity index (χ3n) is 11.8. The van der Waals surface area contributed by atoms with E-state index in [1.54, 1.807) is 0 Å². The van der Waals surface area contributed by atoms with E-state index in [1.165, 1.54) is 60.4 Å². The fourth-order valence-electron chi connectivity index (χ4n) is 9.09.